The van der Waals surface area contributed by atoms with E-state index in [0.717, 1.165) is 0 Å². The fraction of sp³-hybridized carbons (Fsp3) is 0.538. The zero-order valence-electron chi connectivity index (χ0n) is 10.8. The number of rotatable bonds is 3. The van der Waals surface area contributed by atoms with E-state index in [4.69, 9.17) is 4.74 Å². The van der Waals surface area contributed by atoms with Gasteiger partial charge in [0.2, 0.25) is 5.88 Å². The molecule has 0 bridgehead atoms. The predicted molar refractivity (Wildman–Crippen MR) is 67.9 cm³/mol. The summed E-state index contributed by atoms with van der Waals surface area (Å²) in [5.41, 5.74) is 0.382. The Kier molecular flexibility index (Phi) is 4.34. The average molecular weight is 266 g/mol. The largest absolute Gasteiger partial charge is 0.477 e. The highest BCUT2D eigenvalue weighted by Crippen LogP contribution is 2.20. The molecule has 2 N–H and O–H groups in total. The highest BCUT2D eigenvalue weighted by molar-refractivity contribution is 5.96. The summed E-state index contributed by atoms with van der Waals surface area (Å²) in [6.45, 7) is 2.79. The molecule has 19 heavy (non-hydrogen) atoms. The molecule has 6 heteroatoms. The number of likely N-dealkylation sites (tertiary alicyclic amines) is 1. The molecule has 1 aromatic rings. The first-order valence-corrected chi connectivity index (χ1v) is 6.36. The van der Waals surface area contributed by atoms with Crippen LogP contribution in [0, 0.1) is 0 Å². The van der Waals surface area contributed by atoms with Gasteiger partial charge in [-0.15, -0.1) is 0 Å². The summed E-state index contributed by atoms with van der Waals surface area (Å²) in [5, 5.41) is 19.1. The number of amides is 1. The first-order chi connectivity index (χ1) is 9.13. The van der Waals surface area contributed by atoms with Crippen LogP contribution >= 0.6 is 0 Å². The van der Waals surface area contributed by atoms with Gasteiger partial charge in [0.05, 0.1) is 18.8 Å². The van der Waals surface area contributed by atoms with Gasteiger partial charge < -0.3 is 19.8 Å². The van der Waals surface area contributed by atoms with E-state index in [-0.39, 0.29) is 12.5 Å². The lowest BCUT2D eigenvalue weighted by atomic mass is 10.0. The van der Waals surface area contributed by atoms with Crippen molar-refractivity contribution in [1.82, 2.24) is 9.88 Å². The zero-order chi connectivity index (χ0) is 13.8. The molecule has 1 amide bonds. The van der Waals surface area contributed by atoms with Gasteiger partial charge in [-0.2, -0.15) is 0 Å². The molecule has 0 saturated carbocycles. The molecular formula is C13H18N2O4. The molecule has 0 radical (unpaired) electrons. The fourth-order valence-electron chi connectivity index (χ4n) is 2.08. The van der Waals surface area contributed by atoms with Gasteiger partial charge in [0.25, 0.3) is 5.91 Å². The van der Waals surface area contributed by atoms with Crippen LogP contribution in [0.3, 0.4) is 0 Å². The van der Waals surface area contributed by atoms with E-state index < -0.39 is 12.2 Å². The van der Waals surface area contributed by atoms with Crippen LogP contribution in [0.25, 0.3) is 0 Å². The first kappa shape index (κ1) is 13.8. The lowest BCUT2D eigenvalue weighted by molar-refractivity contribution is -0.0322. The maximum absolute atomic E-state index is 12.4. The predicted octanol–water partition coefficient (Wildman–Crippen LogP) is 0.0480. The molecule has 2 heterocycles. The van der Waals surface area contributed by atoms with E-state index in [1.807, 2.05) is 6.92 Å². The fourth-order valence-corrected chi connectivity index (χ4v) is 2.08. The molecule has 0 aliphatic carbocycles. The monoisotopic (exact) mass is 266 g/mol. The second-order valence-corrected chi connectivity index (χ2v) is 4.46. The SMILES string of the molecule is CCOc1ncccc1C(=O)N1CC[C@H](O)[C@@H](O)C1. The Morgan fingerprint density at radius 3 is 3.00 bits per heavy atom. The third-order valence-corrected chi connectivity index (χ3v) is 3.12. The van der Waals surface area contributed by atoms with Crippen molar-refractivity contribution in [2.75, 3.05) is 19.7 Å². The number of aromatic nitrogens is 1. The van der Waals surface area contributed by atoms with E-state index in [2.05, 4.69) is 4.98 Å². The number of nitrogens with zero attached hydrogens (tertiary/aromatic N) is 2. The van der Waals surface area contributed by atoms with E-state index in [9.17, 15) is 15.0 Å². The second kappa shape index (κ2) is 5.99. The molecule has 2 rings (SSSR count). The summed E-state index contributed by atoms with van der Waals surface area (Å²) < 4.78 is 5.33. The lowest BCUT2D eigenvalue weighted by Crippen LogP contribution is -2.49. The number of carbonyl (C=O) groups is 1. The van der Waals surface area contributed by atoms with Crippen LogP contribution in [-0.2, 0) is 0 Å². The molecule has 0 unspecified atom stereocenters. The quantitative estimate of drug-likeness (QED) is 0.807. The van der Waals surface area contributed by atoms with Crippen LogP contribution in [0.2, 0.25) is 0 Å². The van der Waals surface area contributed by atoms with E-state index in [1.165, 1.54) is 4.90 Å². The van der Waals surface area contributed by atoms with Crippen LogP contribution in [0.1, 0.15) is 23.7 Å². The van der Waals surface area contributed by atoms with Gasteiger partial charge in [-0.3, -0.25) is 4.79 Å². The number of aliphatic hydroxyl groups excluding tert-OH is 2. The van der Waals surface area contributed by atoms with Gasteiger partial charge in [0.15, 0.2) is 0 Å². The molecule has 1 saturated heterocycles. The van der Waals surface area contributed by atoms with Crippen molar-refractivity contribution in [1.29, 1.82) is 0 Å². The van der Waals surface area contributed by atoms with E-state index in [0.29, 0.717) is 31.0 Å². The first-order valence-electron chi connectivity index (χ1n) is 6.36. The van der Waals surface area contributed by atoms with Gasteiger partial charge in [0, 0.05) is 19.3 Å². The highest BCUT2D eigenvalue weighted by atomic mass is 16.5. The summed E-state index contributed by atoms with van der Waals surface area (Å²) in [6, 6.07) is 3.32. The van der Waals surface area contributed by atoms with Crippen molar-refractivity contribution in [3.05, 3.63) is 23.9 Å². The number of pyridine rings is 1. The minimum atomic E-state index is -0.898. The molecule has 1 aromatic heterocycles. The topological polar surface area (TPSA) is 82.9 Å². The van der Waals surface area contributed by atoms with Crippen molar-refractivity contribution < 1.29 is 19.7 Å². The van der Waals surface area contributed by atoms with Crippen LogP contribution in [0.5, 0.6) is 5.88 Å². The molecule has 104 valence electrons. The maximum atomic E-state index is 12.4. The molecule has 0 aromatic carbocycles. The number of hydrogen-bond acceptors (Lipinski definition) is 5. The Labute approximate surface area is 111 Å². The molecule has 1 fully saturated rings. The van der Waals surface area contributed by atoms with Crippen molar-refractivity contribution in [2.24, 2.45) is 0 Å². The average Bonchev–Trinajstić information content (AvgIpc) is 2.42. The molecule has 0 spiro atoms. The van der Waals surface area contributed by atoms with Gasteiger partial charge in [0.1, 0.15) is 5.56 Å². The minimum Gasteiger partial charge on any atom is -0.477 e. The number of hydrogen-bond donors (Lipinski definition) is 2. The number of ether oxygens (including phenoxy) is 1. The summed E-state index contributed by atoms with van der Waals surface area (Å²) in [6.07, 6.45) is 0.280. The summed E-state index contributed by atoms with van der Waals surface area (Å²) in [5.74, 6) is 0.0677. The Balaban J connectivity index is 2.15. The normalized spacial score (nSPS) is 23.2. The molecule has 1 aliphatic rings. The van der Waals surface area contributed by atoms with Crippen molar-refractivity contribution in [3.63, 3.8) is 0 Å². The third kappa shape index (κ3) is 3.02. The summed E-state index contributed by atoms with van der Waals surface area (Å²) in [4.78, 5) is 17.9. The van der Waals surface area contributed by atoms with Crippen molar-refractivity contribution in [3.8, 4) is 5.88 Å². The Morgan fingerprint density at radius 2 is 2.32 bits per heavy atom. The smallest absolute Gasteiger partial charge is 0.259 e. The van der Waals surface area contributed by atoms with Crippen LogP contribution in [0.4, 0.5) is 0 Å². The molecule has 6 nitrogen and oxygen atoms in total. The van der Waals surface area contributed by atoms with Crippen molar-refractivity contribution in [2.45, 2.75) is 25.6 Å². The number of piperidine rings is 1. The maximum Gasteiger partial charge on any atom is 0.259 e. The number of β-amino-alcohol motifs (C(OH)–C–C–N with tert-alkyl or cyclic N) is 1. The van der Waals surface area contributed by atoms with Crippen molar-refractivity contribution >= 4 is 5.91 Å². The minimum absolute atomic E-state index is 0.125. The number of carbonyl (C=O) groups excluding carboxylic acids is 1. The van der Waals surface area contributed by atoms with Gasteiger partial charge in [-0.25, -0.2) is 4.98 Å². The molecule has 2 atom stereocenters. The standard InChI is InChI=1S/C13H18N2O4/c1-2-19-12-9(4-3-6-14-12)13(18)15-7-5-10(16)11(17)8-15/h3-4,6,10-11,16-17H,2,5,7-8H2,1H3/t10-,11-/m0/s1. The Morgan fingerprint density at radius 1 is 1.53 bits per heavy atom. The van der Waals surface area contributed by atoms with Crippen LogP contribution in [-0.4, -0.2) is 57.9 Å². The zero-order valence-corrected chi connectivity index (χ0v) is 10.8. The van der Waals surface area contributed by atoms with E-state index in [1.54, 1.807) is 18.3 Å². The molecule has 1 aliphatic heterocycles. The Bertz CT molecular complexity index is 452. The Hall–Kier alpha value is -1.66. The van der Waals surface area contributed by atoms with Crippen LogP contribution < -0.4 is 4.74 Å². The lowest BCUT2D eigenvalue weighted by Gasteiger charge is -2.33. The highest BCUT2D eigenvalue weighted by Gasteiger charge is 2.30. The van der Waals surface area contributed by atoms with Crippen LogP contribution in [0.15, 0.2) is 18.3 Å². The number of aliphatic hydroxyl groups is 2. The third-order valence-electron chi connectivity index (χ3n) is 3.12. The van der Waals surface area contributed by atoms with E-state index >= 15 is 0 Å². The second-order valence-electron chi connectivity index (χ2n) is 4.46. The van der Waals surface area contributed by atoms with Gasteiger partial charge in [-0.05, 0) is 25.5 Å². The molecular weight excluding hydrogens is 248 g/mol. The summed E-state index contributed by atoms with van der Waals surface area (Å²) >= 11 is 0. The van der Waals surface area contributed by atoms with Gasteiger partial charge >= 0.3 is 0 Å². The summed E-state index contributed by atoms with van der Waals surface area (Å²) in [7, 11) is 0. The van der Waals surface area contributed by atoms with Gasteiger partial charge in [-0.1, -0.05) is 0 Å².